The van der Waals surface area contributed by atoms with Gasteiger partial charge >= 0.3 is 5.97 Å². The lowest BCUT2D eigenvalue weighted by Crippen LogP contribution is -2.33. The molecule has 1 aliphatic heterocycles. The first-order valence-corrected chi connectivity index (χ1v) is 8.20. The smallest absolute Gasteiger partial charge is 0.315 e. The van der Waals surface area contributed by atoms with Crippen molar-refractivity contribution in [2.45, 2.75) is 26.7 Å². The zero-order valence-corrected chi connectivity index (χ0v) is 15.2. The average Bonchev–Trinajstić information content (AvgIpc) is 3.00. The summed E-state index contributed by atoms with van der Waals surface area (Å²) >= 11 is 6.02. The monoisotopic (exact) mass is 359 g/mol. The fraction of sp³-hybridized carbons (Fsp3) is 0.333. The number of rotatable bonds is 3. The first-order valence-electron chi connectivity index (χ1n) is 7.82. The van der Waals surface area contributed by atoms with Crippen LogP contribution in [0.4, 0.5) is 0 Å². The van der Waals surface area contributed by atoms with Gasteiger partial charge in [-0.1, -0.05) is 28.9 Å². The molecule has 25 heavy (non-hydrogen) atoms. The molecule has 1 aliphatic rings. The van der Waals surface area contributed by atoms with E-state index in [4.69, 9.17) is 20.9 Å². The number of methoxy groups -OCH3 is 1. The Labute approximate surface area is 150 Å². The Morgan fingerprint density at radius 2 is 1.88 bits per heavy atom. The van der Waals surface area contributed by atoms with Gasteiger partial charge in [-0.25, -0.2) is 0 Å². The first-order chi connectivity index (χ1) is 11.9. The van der Waals surface area contributed by atoms with Crippen molar-refractivity contribution in [3.63, 3.8) is 0 Å². The van der Waals surface area contributed by atoms with Crippen LogP contribution in [-0.4, -0.2) is 28.9 Å². The minimum atomic E-state index is -0.572. The number of esters is 1. The number of hydrogen-bond acceptors (Lipinski definition) is 6. The topological polar surface area (TPSA) is 77.6 Å². The third kappa shape index (κ3) is 3.22. The summed E-state index contributed by atoms with van der Waals surface area (Å²) in [6.45, 7) is 5.44. The zero-order valence-electron chi connectivity index (χ0n) is 14.4. The molecular weight excluding hydrogens is 342 g/mol. The molecule has 0 amide bonds. The molecule has 0 aliphatic carbocycles. The molecule has 2 heterocycles. The average molecular weight is 360 g/mol. The van der Waals surface area contributed by atoms with Crippen molar-refractivity contribution < 1.29 is 14.1 Å². The van der Waals surface area contributed by atoms with Gasteiger partial charge in [0.2, 0.25) is 0 Å². The number of ether oxygens (including phenoxy) is 1. The van der Waals surface area contributed by atoms with Crippen molar-refractivity contribution >= 4 is 28.9 Å². The van der Waals surface area contributed by atoms with Crippen LogP contribution in [0.15, 0.2) is 39.5 Å². The third-order valence-corrected chi connectivity index (χ3v) is 4.52. The quantitative estimate of drug-likeness (QED) is 0.779. The van der Waals surface area contributed by atoms with Crippen molar-refractivity contribution in [3.05, 3.63) is 52.3 Å². The van der Waals surface area contributed by atoms with Gasteiger partial charge in [-0.2, -0.15) is 4.98 Å². The van der Waals surface area contributed by atoms with E-state index >= 15 is 0 Å². The Kier molecular flexibility index (Phi) is 4.72. The molecule has 0 spiro atoms. The maximum Gasteiger partial charge on any atom is 0.315 e. The molecule has 7 heteroatoms. The van der Waals surface area contributed by atoms with Gasteiger partial charge in [0.1, 0.15) is 5.92 Å². The number of aromatic nitrogens is 2. The Morgan fingerprint density at radius 1 is 1.20 bits per heavy atom. The summed E-state index contributed by atoms with van der Waals surface area (Å²) in [6.07, 6.45) is 0. The summed E-state index contributed by atoms with van der Waals surface area (Å²) in [6, 6.07) is 7.35. The summed E-state index contributed by atoms with van der Waals surface area (Å²) in [5.41, 5.74) is 3.05. The van der Waals surface area contributed by atoms with E-state index in [-0.39, 0.29) is 11.9 Å². The summed E-state index contributed by atoms with van der Waals surface area (Å²) in [4.78, 5) is 21.4. The van der Waals surface area contributed by atoms with Crippen molar-refractivity contribution in [1.82, 2.24) is 10.1 Å². The molecule has 130 valence electrons. The first kappa shape index (κ1) is 17.4. The second-order valence-electron chi connectivity index (χ2n) is 5.93. The lowest BCUT2D eigenvalue weighted by Gasteiger charge is -2.30. The maximum atomic E-state index is 12.5. The number of aryl methyl sites for hydroxylation is 1. The summed E-state index contributed by atoms with van der Waals surface area (Å²) in [7, 11) is 1.37. The number of allylic oxidation sites excluding steroid dienone is 2. The summed E-state index contributed by atoms with van der Waals surface area (Å²) in [5, 5.41) is 4.49. The van der Waals surface area contributed by atoms with Gasteiger partial charge in [0, 0.05) is 27.9 Å². The van der Waals surface area contributed by atoms with Crippen molar-refractivity contribution in [2.24, 2.45) is 10.9 Å². The minimum Gasteiger partial charge on any atom is -0.468 e. The van der Waals surface area contributed by atoms with E-state index in [0.717, 1.165) is 16.8 Å². The molecule has 3 rings (SSSR count). The van der Waals surface area contributed by atoms with Gasteiger partial charge in [0.25, 0.3) is 5.89 Å². The lowest BCUT2D eigenvalue weighted by atomic mass is 9.75. The standard InChI is InChI=1S/C18H18ClN3O3/c1-9-14(17-21-11(3)22-25-17)16(12-5-7-13(19)8-6-12)15(10(2)20-9)18(23)24-4/h5-8,15-16H,1-4H3. The van der Waals surface area contributed by atoms with E-state index in [2.05, 4.69) is 15.1 Å². The summed E-state index contributed by atoms with van der Waals surface area (Å²) in [5.74, 6) is -0.396. The molecule has 0 saturated carbocycles. The molecule has 0 fully saturated rings. The van der Waals surface area contributed by atoms with Crippen LogP contribution in [0.2, 0.25) is 5.02 Å². The van der Waals surface area contributed by atoms with Crippen LogP contribution in [0.5, 0.6) is 0 Å². The van der Waals surface area contributed by atoms with E-state index in [1.165, 1.54) is 7.11 Å². The Balaban J connectivity index is 2.21. The Morgan fingerprint density at radius 3 is 2.44 bits per heavy atom. The predicted molar refractivity (Wildman–Crippen MR) is 94.4 cm³/mol. The number of carbonyl (C=O) groups excluding carboxylic acids is 1. The Hall–Kier alpha value is -2.47. The normalized spacial score (nSPS) is 20.4. The van der Waals surface area contributed by atoms with Crippen LogP contribution < -0.4 is 0 Å². The molecule has 0 bridgehead atoms. The molecule has 1 aromatic heterocycles. The van der Waals surface area contributed by atoms with Gasteiger partial charge in [-0.3, -0.25) is 9.79 Å². The highest BCUT2D eigenvalue weighted by Crippen LogP contribution is 2.44. The fourth-order valence-corrected chi connectivity index (χ4v) is 3.31. The van der Waals surface area contributed by atoms with E-state index in [1.807, 2.05) is 26.0 Å². The molecular formula is C18H18ClN3O3. The van der Waals surface area contributed by atoms with Crippen molar-refractivity contribution in [2.75, 3.05) is 7.11 Å². The second kappa shape index (κ2) is 6.80. The van der Waals surface area contributed by atoms with E-state index in [0.29, 0.717) is 22.4 Å². The number of carbonyl (C=O) groups is 1. The molecule has 2 atom stereocenters. The van der Waals surface area contributed by atoms with Crippen molar-refractivity contribution in [3.8, 4) is 0 Å². The molecule has 0 radical (unpaired) electrons. The van der Waals surface area contributed by atoms with Crippen LogP contribution >= 0.6 is 11.6 Å². The molecule has 6 nitrogen and oxygen atoms in total. The third-order valence-electron chi connectivity index (χ3n) is 4.27. The van der Waals surface area contributed by atoms with Crippen LogP contribution in [0.1, 0.15) is 37.0 Å². The minimum absolute atomic E-state index is 0.345. The molecule has 2 unspecified atom stereocenters. The highest BCUT2D eigenvalue weighted by molar-refractivity contribution is 6.30. The Bertz CT molecular complexity index is 868. The van der Waals surface area contributed by atoms with Crippen molar-refractivity contribution in [1.29, 1.82) is 0 Å². The lowest BCUT2D eigenvalue weighted by molar-refractivity contribution is -0.143. The highest BCUT2D eigenvalue weighted by atomic mass is 35.5. The van der Waals surface area contributed by atoms with Gasteiger partial charge in [-0.05, 0) is 38.5 Å². The van der Waals surface area contributed by atoms with E-state index < -0.39 is 5.92 Å². The SMILES string of the molecule is COC(=O)C1C(C)=NC(C)=C(c2nc(C)no2)C1c1ccc(Cl)cc1. The second-order valence-corrected chi connectivity index (χ2v) is 6.37. The highest BCUT2D eigenvalue weighted by Gasteiger charge is 2.41. The predicted octanol–water partition coefficient (Wildman–Crippen LogP) is 3.81. The van der Waals surface area contributed by atoms with E-state index in [1.54, 1.807) is 19.1 Å². The fourth-order valence-electron chi connectivity index (χ4n) is 3.18. The molecule has 0 N–H and O–H groups in total. The van der Waals surface area contributed by atoms with Gasteiger partial charge < -0.3 is 9.26 Å². The van der Waals surface area contributed by atoms with Crippen LogP contribution in [0.25, 0.3) is 5.57 Å². The zero-order chi connectivity index (χ0) is 18.1. The number of halogens is 1. The maximum absolute atomic E-state index is 12.5. The number of nitrogens with zero attached hydrogens (tertiary/aromatic N) is 3. The van der Waals surface area contributed by atoms with Gasteiger partial charge in [0.15, 0.2) is 5.82 Å². The molecule has 1 aromatic carbocycles. The summed E-state index contributed by atoms with van der Waals surface area (Å²) < 4.78 is 10.4. The largest absolute Gasteiger partial charge is 0.468 e. The number of benzene rings is 1. The number of hydrogen-bond donors (Lipinski definition) is 0. The van der Waals surface area contributed by atoms with Crippen LogP contribution in [-0.2, 0) is 9.53 Å². The van der Waals surface area contributed by atoms with E-state index in [9.17, 15) is 4.79 Å². The van der Waals surface area contributed by atoms with Crippen LogP contribution in [0, 0.1) is 12.8 Å². The molecule has 2 aromatic rings. The van der Waals surface area contributed by atoms with Gasteiger partial charge in [-0.15, -0.1) is 0 Å². The van der Waals surface area contributed by atoms with Gasteiger partial charge in [0.05, 0.1) is 7.11 Å². The van der Waals surface area contributed by atoms with Crippen LogP contribution in [0.3, 0.4) is 0 Å². The number of aliphatic imine (C=N–C) groups is 1. The molecule has 0 saturated heterocycles.